The van der Waals surface area contributed by atoms with Crippen LogP contribution in [-0.2, 0) is 10.0 Å². The molecule has 2 aromatic heterocycles. The molecule has 0 bridgehead atoms. The number of piperidine rings is 2. The number of likely N-dealkylation sites (tertiary alicyclic amines) is 1. The van der Waals surface area contributed by atoms with E-state index in [9.17, 15) is 8.42 Å². The number of benzene rings is 1. The summed E-state index contributed by atoms with van der Waals surface area (Å²) in [5, 5.41) is 4.06. The fourth-order valence-corrected chi connectivity index (χ4v) is 7.68. The zero-order valence-electron chi connectivity index (χ0n) is 18.6. The number of aromatic nitrogens is 2. The Balaban J connectivity index is 0.00000259. The van der Waals surface area contributed by atoms with E-state index in [1.165, 1.54) is 30.6 Å². The van der Waals surface area contributed by atoms with Gasteiger partial charge in [-0.05, 0) is 51.8 Å². The fraction of sp³-hybridized carbons (Fsp3) is 0.478. The van der Waals surface area contributed by atoms with Crippen molar-refractivity contribution in [2.24, 2.45) is 0 Å². The average Bonchev–Trinajstić information content (AvgIpc) is 3.48. The predicted octanol–water partition coefficient (Wildman–Crippen LogP) is 4.83. The van der Waals surface area contributed by atoms with Crippen molar-refractivity contribution in [2.45, 2.75) is 50.0 Å². The lowest BCUT2D eigenvalue weighted by Crippen LogP contribution is -2.48. The zero-order chi connectivity index (χ0) is 22.1. The Morgan fingerprint density at radius 3 is 2.42 bits per heavy atom. The van der Waals surface area contributed by atoms with Crippen molar-refractivity contribution < 1.29 is 12.9 Å². The van der Waals surface area contributed by atoms with Gasteiger partial charge in [-0.2, -0.15) is 9.29 Å². The maximum atomic E-state index is 13.4. The van der Waals surface area contributed by atoms with E-state index in [1.54, 1.807) is 10.4 Å². The number of sulfonamides is 1. The van der Waals surface area contributed by atoms with Gasteiger partial charge in [0.05, 0.1) is 9.77 Å². The largest absolute Gasteiger partial charge is 0.333 e. The Kier molecular flexibility index (Phi) is 7.55. The van der Waals surface area contributed by atoms with Crippen LogP contribution in [0.25, 0.3) is 22.2 Å². The van der Waals surface area contributed by atoms with Crippen molar-refractivity contribution in [1.29, 1.82) is 0 Å². The lowest BCUT2D eigenvalue weighted by Gasteiger charge is -2.39. The van der Waals surface area contributed by atoms with Crippen LogP contribution in [0.2, 0.25) is 0 Å². The summed E-state index contributed by atoms with van der Waals surface area (Å²) >= 11 is 1.38. The quantitative estimate of drug-likeness (QED) is 0.491. The third kappa shape index (κ3) is 5.02. The molecule has 7 nitrogen and oxygen atoms in total. The molecule has 0 unspecified atom stereocenters. The maximum Gasteiger partial charge on any atom is 0.268 e. The molecule has 178 valence electrons. The van der Waals surface area contributed by atoms with E-state index < -0.39 is 10.0 Å². The van der Waals surface area contributed by atoms with Crippen molar-refractivity contribution in [3.8, 4) is 22.2 Å². The molecule has 2 saturated heterocycles. The Morgan fingerprint density at radius 1 is 1.03 bits per heavy atom. The summed E-state index contributed by atoms with van der Waals surface area (Å²) in [7, 11) is -3.54. The van der Waals surface area contributed by atoms with E-state index >= 15 is 0 Å². The second-order valence-electron chi connectivity index (χ2n) is 8.55. The molecule has 0 aliphatic carbocycles. The highest BCUT2D eigenvalue weighted by atomic mass is 35.5. The van der Waals surface area contributed by atoms with E-state index in [0.717, 1.165) is 36.4 Å². The molecule has 0 atom stereocenters. The van der Waals surface area contributed by atoms with Gasteiger partial charge < -0.3 is 9.42 Å². The molecular formula is C23H29ClN4O3S2. The van der Waals surface area contributed by atoms with Crippen LogP contribution in [-0.4, -0.2) is 60.0 Å². The number of halogens is 1. The average molecular weight is 509 g/mol. The van der Waals surface area contributed by atoms with E-state index in [4.69, 9.17) is 4.52 Å². The molecule has 1 aromatic carbocycles. The Morgan fingerprint density at radius 2 is 1.73 bits per heavy atom. The molecule has 2 fully saturated rings. The predicted molar refractivity (Wildman–Crippen MR) is 132 cm³/mol. The number of hydrogen-bond donors (Lipinski definition) is 0. The van der Waals surface area contributed by atoms with Crippen molar-refractivity contribution >= 4 is 33.8 Å². The minimum Gasteiger partial charge on any atom is -0.333 e. The van der Waals surface area contributed by atoms with Crippen LogP contribution in [0.15, 0.2) is 45.8 Å². The number of rotatable bonds is 5. The van der Waals surface area contributed by atoms with Gasteiger partial charge in [-0.25, -0.2) is 8.42 Å². The lowest BCUT2D eigenvalue weighted by molar-refractivity contribution is 0.118. The molecule has 0 spiro atoms. The normalized spacial score (nSPS) is 18.8. The summed E-state index contributed by atoms with van der Waals surface area (Å²) in [6.45, 7) is 5.30. The number of hydrogen-bond acceptors (Lipinski definition) is 7. The third-order valence-corrected chi connectivity index (χ3v) is 9.68. The van der Waals surface area contributed by atoms with Gasteiger partial charge in [-0.3, -0.25) is 0 Å². The molecule has 0 radical (unpaired) electrons. The lowest BCUT2D eigenvalue weighted by atomic mass is 10.0. The van der Waals surface area contributed by atoms with Crippen molar-refractivity contribution in [2.75, 3.05) is 26.2 Å². The molecule has 0 saturated carbocycles. The first-order valence-corrected chi connectivity index (χ1v) is 13.5. The second kappa shape index (κ2) is 10.2. The monoisotopic (exact) mass is 508 g/mol. The summed E-state index contributed by atoms with van der Waals surface area (Å²) < 4.78 is 33.9. The molecule has 0 amide bonds. The SMILES string of the molecule is Cc1sc(-c2nc(-c3ccccc3)no2)cc1S(=O)(=O)N1CCC(N2CCCCC2)CC1.Cl. The first kappa shape index (κ1) is 24.3. The number of aryl methyl sites for hydroxylation is 1. The molecule has 2 aliphatic rings. The molecule has 2 aliphatic heterocycles. The summed E-state index contributed by atoms with van der Waals surface area (Å²) in [5.41, 5.74) is 0.861. The number of nitrogens with zero attached hydrogens (tertiary/aromatic N) is 4. The highest BCUT2D eigenvalue weighted by Crippen LogP contribution is 2.36. The van der Waals surface area contributed by atoms with Crippen molar-refractivity contribution in [1.82, 2.24) is 19.3 Å². The zero-order valence-corrected chi connectivity index (χ0v) is 21.1. The van der Waals surface area contributed by atoms with Gasteiger partial charge in [-0.15, -0.1) is 23.7 Å². The van der Waals surface area contributed by atoms with Crippen LogP contribution in [0, 0.1) is 6.92 Å². The van der Waals surface area contributed by atoms with Crippen LogP contribution in [0.3, 0.4) is 0 Å². The molecule has 3 aromatic rings. The van der Waals surface area contributed by atoms with Crippen LogP contribution >= 0.6 is 23.7 Å². The van der Waals surface area contributed by atoms with Crippen molar-refractivity contribution in [3.05, 3.63) is 41.3 Å². The minimum atomic E-state index is -3.54. The summed E-state index contributed by atoms with van der Waals surface area (Å²) in [6, 6.07) is 11.8. The van der Waals surface area contributed by atoms with E-state index in [1.807, 2.05) is 37.3 Å². The van der Waals surface area contributed by atoms with Crippen LogP contribution < -0.4 is 0 Å². The highest BCUT2D eigenvalue weighted by molar-refractivity contribution is 7.89. The van der Waals surface area contributed by atoms with Crippen LogP contribution in [0.1, 0.15) is 37.0 Å². The van der Waals surface area contributed by atoms with Gasteiger partial charge >= 0.3 is 0 Å². The van der Waals surface area contributed by atoms with E-state index in [2.05, 4.69) is 15.0 Å². The van der Waals surface area contributed by atoms with Crippen LogP contribution in [0.4, 0.5) is 0 Å². The first-order chi connectivity index (χ1) is 15.5. The van der Waals surface area contributed by atoms with Gasteiger partial charge in [0.25, 0.3) is 5.89 Å². The van der Waals surface area contributed by atoms with Gasteiger partial charge in [0, 0.05) is 29.6 Å². The summed E-state index contributed by atoms with van der Waals surface area (Å²) in [6.07, 6.45) is 5.64. The van der Waals surface area contributed by atoms with E-state index in [0.29, 0.717) is 40.6 Å². The second-order valence-corrected chi connectivity index (χ2v) is 11.7. The topological polar surface area (TPSA) is 79.5 Å². The minimum absolute atomic E-state index is 0. The maximum absolute atomic E-state index is 13.4. The van der Waals surface area contributed by atoms with E-state index in [-0.39, 0.29) is 12.4 Å². The van der Waals surface area contributed by atoms with Crippen LogP contribution in [0.5, 0.6) is 0 Å². The van der Waals surface area contributed by atoms with Crippen molar-refractivity contribution in [3.63, 3.8) is 0 Å². The molecule has 5 rings (SSSR count). The van der Waals surface area contributed by atoms with Gasteiger partial charge in [0.1, 0.15) is 0 Å². The Hall–Kier alpha value is -1.78. The van der Waals surface area contributed by atoms with Gasteiger partial charge in [0.2, 0.25) is 15.8 Å². The number of thiophene rings is 1. The van der Waals surface area contributed by atoms with Gasteiger partial charge in [0.15, 0.2) is 0 Å². The highest BCUT2D eigenvalue weighted by Gasteiger charge is 2.34. The fourth-order valence-electron chi connectivity index (χ4n) is 4.73. The molecule has 0 N–H and O–H groups in total. The smallest absolute Gasteiger partial charge is 0.268 e. The Bertz CT molecular complexity index is 1170. The standard InChI is InChI=1S/C23H28N4O3S2.ClH/c1-17-21(16-20(31-17)23-24-22(25-30-23)18-8-4-2-5-9-18)32(28,29)27-14-10-19(11-15-27)26-12-6-3-7-13-26;/h2,4-5,8-9,16,19H,3,6-7,10-15H2,1H3;1H. The molecule has 10 heteroatoms. The molecule has 4 heterocycles. The third-order valence-electron chi connectivity index (χ3n) is 6.49. The molecular weight excluding hydrogens is 480 g/mol. The summed E-state index contributed by atoms with van der Waals surface area (Å²) in [5.74, 6) is 0.845. The molecule has 33 heavy (non-hydrogen) atoms. The summed E-state index contributed by atoms with van der Waals surface area (Å²) in [4.78, 5) is 8.82. The Labute approximate surface area is 205 Å². The van der Waals surface area contributed by atoms with Gasteiger partial charge in [-0.1, -0.05) is 41.9 Å². The first-order valence-electron chi connectivity index (χ1n) is 11.3.